The van der Waals surface area contributed by atoms with E-state index in [0.717, 1.165) is 18.7 Å². The van der Waals surface area contributed by atoms with Gasteiger partial charge in [0.25, 0.3) is 0 Å². The summed E-state index contributed by atoms with van der Waals surface area (Å²) in [5.74, 6) is -0.0716. The highest BCUT2D eigenvalue weighted by Crippen LogP contribution is 2.33. The number of nitrogens with zero attached hydrogens (tertiary/aromatic N) is 2. The third-order valence-electron chi connectivity index (χ3n) is 3.43. The standard InChI is InChI=1S/C13H13F2N3/c14-9-6-3-7-10(15)11(9)13-16-12(17-18-13)8-4-1-2-5-8/h3,6-8H,1-2,4-5H2,(H,16,17,18). The Hall–Kier alpha value is -1.78. The molecule has 0 atom stereocenters. The van der Waals surface area contributed by atoms with Crippen LogP contribution in [0.25, 0.3) is 11.4 Å². The van der Waals surface area contributed by atoms with Crippen LogP contribution in [0.3, 0.4) is 0 Å². The topological polar surface area (TPSA) is 41.6 Å². The zero-order valence-electron chi connectivity index (χ0n) is 9.79. The molecule has 0 unspecified atom stereocenters. The van der Waals surface area contributed by atoms with Gasteiger partial charge in [-0.15, -0.1) is 0 Å². The lowest BCUT2D eigenvalue weighted by atomic mass is 10.1. The number of rotatable bonds is 2. The Morgan fingerprint density at radius 3 is 2.44 bits per heavy atom. The van der Waals surface area contributed by atoms with Crippen LogP contribution in [-0.4, -0.2) is 15.2 Å². The first-order valence-corrected chi connectivity index (χ1v) is 6.12. The smallest absolute Gasteiger partial charge is 0.187 e. The minimum absolute atomic E-state index is 0.104. The number of aromatic nitrogens is 3. The van der Waals surface area contributed by atoms with E-state index in [1.54, 1.807) is 0 Å². The van der Waals surface area contributed by atoms with E-state index in [0.29, 0.717) is 5.92 Å². The van der Waals surface area contributed by atoms with Crippen LogP contribution in [0.4, 0.5) is 8.78 Å². The maximum atomic E-state index is 13.6. The zero-order chi connectivity index (χ0) is 12.5. The van der Waals surface area contributed by atoms with Crippen LogP contribution in [0.5, 0.6) is 0 Å². The van der Waals surface area contributed by atoms with Gasteiger partial charge in [0.2, 0.25) is 0 Å². The molecule has 0 bridgehead atoms. The Bertz CT molecular complexity index is 539. The molecule has 2 aromatic rings. The molecule has 0 radical (unpaired) electrons. The predicted molar refractivity (Wildman–Crippen MR) is 62.9 cm³/mol. The first-order chi connectivity index (χ1) is 8.75. The fourth-order valence-electron chi connectivity index (χ4n) is 2.48. The van der Waals surface area contributed by atoms with Crippen molar-refractivity contribution in [3.05, 3.63) is 35.7 Å². The van der Waals surface area contributed by atoms with Crippen LogP contribution in [0.2, 0.25) is 0 Å². The van der Waals surface area contributed by atoms with Gasteiger partial charge in [0, 0.05) is 5.92 Å². The summed E-state index contributed by atoms with van der Waals surface area (Å²) >= 11 is 0. The van der Waals surface area contributed by atoms with Crippen LogP contribution in [0.15, 0.2) is 18.2 Å². The summed E-state index contributed by atoms with van der Waals surface area (Å²) in [5.41, 5.74) is -0.155. The molecule has 1 aromatic heterocycles. The molecule has 3 nitrogen and oxygen atoms in total. The van der Waals surface area contributed by atoms with E-state index >= 15 is 0 Å². The van der Waals surface area contributed by atoms with Crippen molar-refractivity contribution in [3.8, 4) is 11.4 Å². The molecular weight excluding hydrogens is 236 g/mol. The number of benzene rings is 1. The average Bonchev–Trinajstić information content (AvgIpc) is 2.99. The molecular formula is C13H13F2N3. The molecule has 1 aromatic carbocycles. The highest BCUT2D eigenvalue weighted by Gasteiger charge is 2.22. The van der Waals surface area contributed by atoms with Gasteiger partial charge < -0.3 is 0 Å². The number of hydrogen-bond donors (Lipinski definition) is 1. The van der Waals surface area contributed by atoms with Gasteiger partial charge in [-0.25, -0.2) is 13.8 Å². The van der Waals surface area contributed by atoms with E-state index in [4.69, 9.17) is 0 Å². The molecule has 0 spiro atoms. The number of nitrogens with one attached hydrogen (secondary N) is 1. The number of hydrogen-bond acceptors (Lipinski definition) is 2. The molecule has 1 aliphatic carbocycles. The summed E-state index contributed by atoms with van der Waals surface area (Å²) in [4.78, 5) is 4.24. The number of halogens is 2. The molecule has 94 valence electrons. The molecule has 1 heterocycles. The van der Waals surface area contributed by atoms with E-state index in [1.165, 1.54) is 31.0 Å². The van der Waals surface area contributed by atoms with Crippen LogP contribution >= 0.6 is 0 Å². The van der Waals surface area contributed by atoms with E-state index in [-0.39, 0.29) is 11.4 Å². The molecule has 0 aliphatic heterocycles. The lowest BCUT2D eigenvalue weighted by Crippen LogP contribution is -1.95. The van der Waals surface area contributed by atoms with E-state index in [2.05, 4.69) is 15.2 Å². The van der Waals surface area contributed by atoms with Crippen molar-refractivity contribution in [2.24, 2.45) is 0 Å². The molecule has 1 aliphatic rings. The van der Waals surface area contributed by atoms with Gasteiger partial charge in [-0.05, 0) is 25.0 Å². The summed E-state index contributed by atoms with van der Waals surface area (Å²) in [6.07, 6.45) is 4.48. The summed E-state index contributed by atoms with van der Waals surface area (Å²) in [6.45, 7) is 0. The lowest BCUT2D eigenvalue weighted by Gasteiger charge is -2.02. The molecule has 5 heteroatoms. The first-order valence-electron chi connectivity index (χ1n) is 6.12. The zero-order valence-corrected chi connectivity index (χ0v) is 9.79. The van der Waals surface area contributed by atoms with E-state index < -0.39 is 11.6 Å². The van der Waals surface area contributed by atoms with E-state index in [1.807, 2.05) is 0 Å². The Labute approximate surface area is 103 Å². The largest absolute Gasteiger partial charge is 0.262 e. The number of aromatic amines is 1. The van der Waals surface area contributed by atoms with Crippen molar-refractivity contribution >= 4 is 0 Å². The maximum absolute atomic E-state index is 13.6. The van der Waals surface area contributed by atoms with Gasteiger partial charge in [0.15, 0.2) is 5.82 Å². The van der Waals surface area contributed by atoms with Gasteiger partial charge in [0.1, 0.15) is 17.5 Å². The highest BCUT2D eigenvalue weighted by molar-refractivity contribution is 5.56. The van der Waals surface area contributed by atoms with Gasteiger partial charge in [-0.2, -0.15) is 5.10 Å². The van der Waals surface area contributed by atoms with Crippen molar-refractivity contribution in [2.45, 2.75) is 31.6 Å². The Morgan fingerprint density at radius 2 is 1.78 bits per heavy atom. The minimum atomic E-state index is -0.632. The molecule has 1 N–H and O–H groups in total. The second kappa shape index (κ2) is 4.48. The minimum Gasteiger partial charge on any atom is -0.262 e. The maximum Gasteiger partial charge on any atom is 0.187 e. The summed E-state index contributed by atoms with van der Waals surface area (Å²) in [5, 5.41) is 6.74. The van der Waals surface area contributed by atoms with Crippen molar-refractivity contribution in [1.29, 1.82) is 0 Å². The van der Waals surface area contributed by atoms with E-state index in [9.17, 15) is 8.78 Å². The summed E-state index contributed by atoms with van der Waals surface area (Å²) in [6, 6.07) is 3.76. The lowest BCUT2D eigenvalue weighted by molar-refractivity contribution is 0.587. The second-order valence-electron chi connectivity index (χ2n) is 4.62. The fourth-order valence-corrected chi connectivity index (χ4v) is 2.48. The SMILES string of the molecule is Fc1cccc(F)c1-c1n[nH]c(C2CCCC2)n1. The van der Waals surface area contributed by atoms with Gasteiger partial charge >= 0.3 is 0 Å². The molecule has 18 heavy (non-hydrogen) atoms. The van der Waals surface area contributed by atoms with Crippen molar-refractivity contribution < 1.29 is 8.78 Å². The monoisotopic (exact) mass is 249 g/mol. The first kappa shape index (κ1) is 11.3. The molecule has 3 rings (SSSR count). The normalized spacial score (nSPS) is 16.3. The molecule has 0 amide bonds. The third kappa shape index (κ3) is 1.89. The van der Waals surface area contributed by atoms with Crippen LogP contribution < -0.4 is 0 Å². The molecule has 0 saturated heterocycles. The Morgan fingerprint density at radius 1 is 1.11 bits per heavy atom. The Balaban J connectivity index is 1.97. The molecule has 1 saturated carbocycles. The number of H-pyrrole nitrogens is 1. The highest BCUT2D eigenvalue weighted by atomic mass is 19.1. The quantitative estimate of drug-likeness (QED) is 0.886. The third-order valence-corrected chi connectivity index (χ3v) is 3.43. The molecule has 1 fully saturated rings. The van der Waals surface area contributed by atoms with Gasteiger partial charge in [0.05, 0.1) is 5.56 Å². The average molecular weight is 249 g/mol. The van der Waals surface area contributed by atoms with Crippen LogP contribution in [-0.2, 0) is 0 Å². The van der Waals surface area contributed by atoms with Crippen molar-refractivity contribution in [1.82, 2.24) is 15.2 Å². The Kier molecular flexibility index (Phi) is 2.81. The van der Waals surface area contributed by atoms with Crippen molar-refractivity contribution in [2.75, 3.05) is 0 Å². The predicted octanol–water partition coefficient (Wildman–Crippen LogP) is 3.41. The van der Waals surface area contributed by atoms with Crippen LogP contribution in [0.1, 0.15) is 37.4 Å². The van der Waals surface area contributed by atoms with Crippen molar-refractivity contribution in [3.63, 3.8) is 0 Å². The van der Waals surface area contributed by atoms with Gasteiger partial charge in [-0.1, -0.05) is 18.9 Å². The fraction of sp³-hybridized carbons (Fsp3) is 0.385. The van der Waals surface area contributed by atoms with Gasteiger partial charge in [-0.3, -0.25) is 5.10 Å². The second-order valence-corrected chi connectivity index (χ2v) is 4.62. The van der Waals surface area contributed by atoms with Crippen LogP contribution in [0, 0.1) is 11.6 Å². The summed E-state index contributed by atoms with van der Waals surface area (Å²) in [7, 11) is 0. The summed E-state index contributed by atoms with van der Waals surface area (Å²) < 4.78 is 27.2.